The van der Waals surface area contributed by atoms with Crippen LogP contribution in [0.2, 0.25) is 0 Å². The van der Waals surface area contributed by atoms with Crippen molar-refractivity contribution in [1.82, 2.24) is 0 Å². The highest BCUT2D eigenvalue weighted by molar-refractivity contribution is 5.72. The molecule has 0 aromatic carbocycles. The van der Waals surface area contributed by atoms with Crippen LogP contribution in [0.1, 0.15) is 64.7 Å². The summed E-state index contributed by atoms with van der Waals surface area (Å²) < 4.78 is 0. The van der Waals surface area contributed by atoms with Crippen LogP contribution in [-0.2, 0) is 4.79 Å². The maximum absolute atomic E-state index is 11.2. The maximum atomic E-state index is 11.2. The topological polar surface area (TPSA) is 40.1 Å². The van der Waals surface area contributed by atoms with E-state index in [1.54, 1.807) is 0 Å². The molecular weight excluding hydrogens is 176 g/mol. The third-order valence-corrected chi connectivity index (χ3v) is 3.50. The van der Waals surface area contributed by atoms with E-state index in [-0.39, 0.29) is 0 Å². The molecule has 14 heavy (non-hydrogen) atoms. The van der Waals surface area contributed by atoms with Gasteiger partial charge in [-0.15, -0.1) is 0 Å². The fourth-order valence-corrected chi connectivity index (χ4v) is 2.50. The highest BCUT2D eigenvalue weighted by Crippen LogP contribution is 2.40. The van der Waals surface area contributed by atoms with Gasteiger partial charge in [-0.3, -0.25) is 0 Å². The number of carboxylic acids is 1. The normalized spacial score (nSPS) is 20.6. The summed E-state index contributed by atoms with van der Waals surface area (Å²) in [6, 6.07) is 0. The molecule has 0 bridgehead atoms. The molecule has 0 N–H and O–H groups in total. The van der Waals surface area contributed by atoms with Crippen LogP contribution in [0.4, 0.5) is 0 Å². The first kappa shape index (κ1) is 11.5. The second kappa shape index (κ2) is 5.38. The van der Waals surface area contributed by atoms with Gasteiger partial charge in [0.2, 0.25) is 0 Å². The highest BCUT2D eigenvalue weighted by atomic mass is 16.4. The van der Waals surface area contributed by atoms with Crippen molar-refractivity contribution in [3.63, 3.8) is 0 Å². The fourth-order valence-electron chi connectivity index (χ4n) is 2.50. The summed E-state index contributed by atoms with van der Waals surface area (Å²) in [7, 11) is 0. The quantitative estimate of drug-likeness (QED) is 0.634. The Morgan fingerprint density at radius 1 is 1.21 bits per heavy atom. The van der Waals surface area contributed by atoms with Crippen molar-refractivity contribution in [2.45, 2.75) is 64.7 Å². The van der Waals surface area contributed by atoms with Crippen LogP contribution in [0.3, 0.4) is 0 Å². The molecule has 0 atom stereocenters. The summed E-state index contributed by atoms with van der Waals surface area (Å²) in [4.78, 5) is 11.2. The van der Waals surface area contributed by atoms with Gasteiger partial charge in [0.15, 0.2) is 0 Å². The Kier molecular flexibility index (Phi) is 4.43. The molecule has 2 nitrogen and oxygen atoms in total. The second-order valence-corrected chi connectivity index (χ2v) is 4.59. The van der Waals surface area contributed by atoms with Crippen LogP contribution in [0.5, 0.6) is 0 Å². The van der Waals surface area contributed by atoms with Crippen LogP contribution in [0.15, 0.2) is 0 Å². The van der Waals surface area contributed by atoms with Crippen molar-refractivity contribution in [1.29, 1.82) is 0 Å². The molecule has 0 spiro atoms. The number of carboxylic acid groups (broad SMARTS) is 1. The lowest BCUT2D eigenvalue weighted by molar-refractivity contribution is -0.321. The molecule has 0 heterocycles. The molecule has 1 rings (SSSR count). The van der Waals surface area contributed by atoms with Gasteiger partial charge in [-0.25, -0.2) is 0 Å². The number of hydrogen-bond donors (Lipinski definition) is 0. The molecule has 1 saturated carbocycles. The van der Waals surface area contributed by atoms with Crippen molar-refractivity contribution in [3.05, 3.63) is 0 Å². The molecule has 0 amide bonds. The smallest absolute Gasteiger partial charge is 0.0476 e. The Labute approximate surface area is 86.7 Å². The molecule has 0 radical (unpaired) electrons. The summed E-state index contributed by atoms with van der Waals surface area (Å²) in [5.41, 5.74) is -0.465. The molecule has 0 aromatic rings. The zero-order valence-electron chi connectivity index (χ0n) is 9.18. The summed E-state index contributed by atoms with van der Waals surface area (Å²) in [5, 5.41) is 11.2. The first-order chi connectivity index (χ1) is 6.71. The molecule has 0 aliphatic heterocycles. The SMILES string of the molecule is CCCCCC1(C(=O)[O-])CCCCC1. The van der Waals surface area contributed by atoms with E-state index in [9.17, 15) is 9.90 Å². The highest BCUT2D eigenvalue weighted by Gasteiger charge is 2.32. The number of rotatable bonds is 5. The fraction of sp³-hybridized carbons (Fsp3) is 0.917. The number of unbranched alkanes of at least 4 members (excludes halogenated alkanes) is 2. The zero-order chi connectivity index (χ0) is 10.4. The van der Waals surface area contributed by atoms with E-state index in [4.69, 9.17) is 0 Å². The van der Waals surface area contributed by atoms with Gasteiger partial charge >= 0.3 is 0 Å². The van der Waals surface area contributed by atoms with Gasteiger partial charge in [-0.05, 0) is 19.3 Å². The van der Waals surface area contributed by atoms with E-state index in [2.05, 4.69) is 6.92 Å². The average molecular weight is 197 g/mol. The number of hydrogen-bond acceptors (Lipinski definition) is 2. The second-order valence-electron chi connectivity index (χ2n) is 4.59. The first-order valence-electron chi connectivity index (χ1n) is 5.93. The Balaban J connectivity index is 2.47. The van der Waals surface area contributed by atoms with E-state index in [0.29, 0.717) is 0 Å². The predicted octanol–water partition coefficient (Wildman–Crippen LogP) is 2.27. The largest absolute Gasteiger partial charge is 0.550 e. The molecule has 1 fully saturated rings. The van der Waals surface area contributed by atoms with Gasteiger partial charge in [-0.1, -0.05) is 45.4 Å². The zero-order valence-corrected chi connectivity index (χ0v) is 9.18. The van der Waals surface area contributed by atoms with Crippen molar-refractivity contribution in [3.8, 4) is 0 Å². The average Bonchev–Trinajstić information content (AvgIpc) is 2.19. The van der Waals surface area contributed by atoms with Crippen LogP contribution in [-0.4, -0.2) is 5.97 Å². The monoisotopic (exact) mass is 197 g/mol. The van der Waals surface area contributed by atoms with Gasteiger partial charge < -0.3 is 9.90 Å². The van der Waals surface area contributed by atoms with E-state index in [1.165, 1.54) is 6.42 Å². The van der Waals surface area contributed by atoms with Crippen molar-refractivity contribution >= 4 is 5.97 Å². The number of carbonyl (C=O) groups is 1. The van der Waals surface area contributed by atoms with E-state index >= 15 is 0 Å². The standard InChI is InChI=1S/C12H22O2/c1-2-3-5-8-12(11(13)14)9-6-4-7-10-12/h2-10H2,1H3,(H,13,14)/p-1. The van der Waals surface area contributed by atoms with Gasteiger partial charge in [-0.2, -0.15) is 0 Å². The maximum Gasteiger partial charge on any atom is 0.0476 e. The number of aliphatic carboxylic acids is 1. The summed E-state index contributed by atoms with van der Waals surface area (Å²) >= 11 is 0. The molecule has 0 saturated heterocycles. The van der Waals surface area contributed by atoms with Crippen molar-refractivity contribution in [2.24, 2.45) is 5.41 Å². The first-order valence-corrected chi connectivity index (χ1v) is 5.93. The van der Waals surface area contributed by atoms with E-state index < -0.39 is 11.4 Å². The minimum absolute atomic E-state index is 0.465. The van der Waals surface area contributed by atoms with E-state index in [1.807, 2.05) is 0 Å². The molecule has 0 unspecified atom stereocenters. The van der Waals surface area contributed by atoms with E-state index in [0.717, 1.165) is 51.4 Å². The predicted molar refractivity (Wildman–Crippen MR) is 54.7 cm³/mol. The molecule has 1 aliphatic rings. The van der Waals surface area contributed by atoms with Gasteiger partial charge in [0.1, 0.15) is 0 Å². The van der Waals surface area contributed by atoms with Crippen molar-refractivity contribution in [2.75, 3.05) is 0 Å². The van der Waals surface area contributed by atoms with Crippen LogP contribution >= 0.6 is 0 Å². The lowest BCUT2D eigenvalue weighted by atomic mass is 9.71. The summed E-state index contributed by atoms with van der Waals surface area (Å²) in [5.74, 6) is -0.798. The Bertz CT molecular complexity index is 181. The Morgan fingerprint density at radius 3 is 2.36 bits per heavy atom. The third-order valence-electron chi connectivity index (χ3n) is 3.50. The third kappa shape index (κ3) is 2.73. The van der Waals surface area contributed by atoms with Crippen LogP contribution in [0.25, 0.3) is 0 Å². The van der Waals surface area contributed by atoms with Crippen molar-refractivity contribution < 1.29 is 9.90 Å². The molecule has 1 aliphatic carbocycles. The number of carbonyl (C=O) groups excluding carboxylic acids is 1. The molecular formula is C12H21O2-. The molecule has 82 valence electrons. The minimum Gasteiger partial charge on any atom is -0.550 e. The van der Waals surface area contributed by atoms with Gasteiger partial charge in [0.25, 0.3) is 0 Å². The lowest BCUT2D eigenvalue weighted by Gasteiger charge is -2.38. The summed E-state index contributed by atoms with van der Waals surface area (Å²) in [6.07, 6.45) is 9.22. The molecule has 2 heteroatoms. The Hall–Kier alpha value is -0.530. The Morgan fingerprint density at radius 2 is 1.86 bits per heavy atom. The lowest BCUT2D eigenvalue weighted by Crippen LogP contribution is -2.43. The minimum atomic E-state index is -0.798. The van der Waals surface area contributed by atoms with Crippen LogP contribution < -0.4 is 5.11 Å². The van der Waals surface area contributed by atoms with Gasteiger partial charge in [0.05, 0.1) is 0 Å². The molecule has 0 aromatic heterocycles. The van der Waals surface area contributed by atoms with Crippen LogP contribution in [0, 0.1) is 5.41 Å². The van der Waals surface area contributed by atoms with Gasteiger partial charge in [0, 0.05) is 11.4 Å². The summed E-state index contributed by atoms with van der Waals surface area (Å²) in [6.45, 7) is 2.15.